The summed E-state index contributed by atoms with van der Waals surface area (Å²) in [7, 11) is -3.88. The molecule has 0 heterocycles. The zero-order valence-corrected chi connectivity index (χ0v) is 13.0. The van der Waals surface area contributed by atoms with E-state index in [-0.39, 0.29) is 14.9 Å². The van der Waals surface area contributed by atoms with Gasteiger partial charge in [-0.05, 0) is 12.5 Å². The Balaban J connectivity index is 2.74. The lowest BCUT2D eigenvalue weighted by Gasteiger charge is -2.10. The van der Waals surface area contributed by atoms with E-state index in [1.807, 2.05) is 0 Å². The molecule has 108 valence electrons. The zero-order valence-electron chi connectivity index (χ0n) is 10.7. The molecule has 0 aromatic heterocycles. The summed E-state index contributed by atoms with van der Waals surface area (Å²) in [6.07, 6.45) is 4.30. The number of hydrogen-bond acceptors (Lipinski definition) is 3. The molecule has 0 atom stereocenters. The van der Waals surface area contributed by atoms with Crippen molar-refractivity contribution in [1.82, 2.24) is 0 Å². The topological polar surface area (TPSA) is 69.4 Å². The van der Waals surface area contributed by atoms with E-state index in [0.29, 0.717) is 12.4 Å². The van der Waals surface area contributed by atoms with E-state index < -0.39 is 10.0 Å². The molecule has 1 aromatic rings. The normalized spacial score (nSPS) is 11.6. The smallest absolute Gasteiger partial charge is 0.239 e. The maximum Gasteiger partial charge on any atom is 0.239 e. The molecule has 0 radical (unpaired) electrons. The first-order valence-electron chi connectivity index (χ1n) is 6.01. The third-order valence-corrected chi connectivity index (χ3v) is 4.22. The van der Waals surface area contributed by atoms with Crippen LogP contribution in [-0.2, 0) is 10.0 Å². The van der Waals surface area contributed by atoms with Crippen LogP contribution in [0.25, 0.3) is 0 Å². The Morgan fingerprint density at radius 2 is 1.84 bits per heavy atom. The molecule has 0 spiro atoms. The maximum atomic E-state index is 11.2. The summed E-state index contributed by atoms with van der Waals surface area (Å²) in [5, 5.41) is 5.21. The molecule has 0 aliphatic carbocycles. The van der Waals surface area contributed by atoms with Crippen LogP contribution in [0.15, 0.2) is 17.0 Å². The van der Waals surface area contributed by atoms with Gasteiger partial charge < -0.3 is 4.74 Å². The minimum Gasteiger partial charge on any atom is -0.492 e. The lowest BCUT2D eigenvalue weighted by molar-refractivity contribution is 0.305. The van der Waals surface area contributed by atoms with Crippen LogP contribution < -0.4 is 9.88 Å². The second-order valence-electron chi connectivity index (χ2n) is 4.17. The van der Waals surface area contributed by atoms with Crippen molar-refractivity contribution in [2.24, 2.45) is 5.14 Å². The molecule has 0 bridgehead atoms. The van der Waals surface area contributed by atoms with Gasteiger partial charge in [-0.25, -0.2) is 13.6 Å². The highest BCUT2D eigenvalue weighted by atomic mass is 35.5. The molecule has 2 N–H and O–H groups in total. The van der Waals surface area contributed by atoms with Crippen molar-refractivity contribution in [3.63, 3.8) is 0 Å². The fourth-order valence-corrected chi connectivity index (χ4v) is 2.92. The molecular formula is C12H17Cl2NO3S. The Bertz CT molecular complexity index is 532. The van der Waals surface area contributed by atoms with Crippen LogP contribution in [0.5, 0.6) is 5.75 Å². The van der Waals surface area contributed by atoms with Gasteiger partial charge in [0.25, 0.3) is 0 Å². The molecule has 0 aliphatic heterocycles. The molecule has 7 heteroatoms. The van der Waals surface area contributed by atoms with E-state index >= 15 is 0 Å². The van der Waals surface area contributed by atoms with Crippen molar-refractivity contribution in [1.29, 1.82) is 0 Å². The van der Waals surface area contributed by atoms with Crippen LogP contribution in [0.2, 0.25) is 10.0 Å². The molecule has 0 fully saturated rings. The Labute approximate surface area is 123 Å². The molecule has 0 saturated carbocycles. The first-order valence-corrected chi connectivity index (χ1v) is 8.31. The average molecular weight is 326 g/mol. The first-order chi connectivity index (χ1) is 8.86. The second kappa shape index (κ2) is 7.33. The Morgan fingerprint density at radius 1 is 1.16 bits per heavy atom. The van der Waals surface area contributed by atoms with Crippen LogP contribution in [0.4, 0.5) is 0 Å². The summed E-state index contributed by atoms with van der Waals surface area (Å²) >= 11 is 11.8. The van der Waals surface area contributed by atoms with Gasteiger partial charge in [0, 0.05) is 6.07 Å². The minimum absolute atomic E-state index is 0.00968. The average Bonchev–Trinajstić information content (AvgIpc) is 2.31. The summed E-state index contributed by atoms with van der Waals surface area (Å²) in [5.74, 6) is 0.371. The number of unbranched alkanes of at least 4 members (excludes halogenated alkanes) is 3. The minimum atomic E-state index is -3.88. The first kappa shape index (κ1) is 16.6. The third kappa shape index (κ3) is 5.18. The molecule has 0 amide bonds. The van der Waals surface area contributed by atoms with Gasteiger partial charge in [0.2, 0.25) is 10.0 Å². The maximum absolute atomic E-state index is 11.2. The van der Waals surface area contributed by atoms with Crippen LogP contribution in [0.3, 0.4) is 0 Å². The van der Waals surface area contributed by atoms with Crippen molar-refractivity contribution >= 4 is 33.2 Å². The predicted octanol–water partition coefficient (Wildman–Crippen LogP) is 3.60. The highest BCUT2D eigenvalue weighted by Crippen LogP contribution is 2.33. The second-order valence-corrected chi connectivity index (χ2v) is 6.51. The standard InChI is InChI=1S/C12H17Cl2NO3S/c1-2-3-4-5-6-18-11-7-10(14)12(8-9(11)13)19(15,16)17/h7-8H,2-6H2,1H3,(H2,15,16,17). The summed E-state index contributed by atoms with van der Waals surface area (Å²) in [5.41, 5.74) is 0. The Kier molecular flexibility index (Phi) is 6.39. The van der Waals surface area contributed by atoms with Crippen LogP contribution in [0.1, 0.15) is 32.6 Å². The highest BCUT2D eigenvalue weighted by molar-refractivity contribution is 7.89. The largest absolute Gasteiger partial charge is 0.492 e. The van der Waals surface area contributed by atoms with Crippen LogP contribution in [-0.4, -0.2) is 15.0 Å². The number of primary sulfonamides is 1. The van der Waals surface area contributed by atoms with Crippen LogP contribution in [0, 0.1) is 0 Å². The fraction of sp³-hybridized carbons (Fsp3) is 0.500. The van der Waals surface area contributed by atoms with Gasteiger partial charge in [-0.15, -0.1) is 0 Å². The van der Waals surface area contributed by atoms with Gasteiger partial charge in [0.15, 0.2) is 0 Å². The molecule has 0 aliphatic rings. The third-order valence-electron chi connectivity index (χ3n) is 2.55. The van der Waals surface area contributed by atoms with Gasteiger partial charge in [-0.3, -0.25) is 0 Å². The van der Waals surface area contributed by atoms with E-state index in [4.69, 9.17) is 33.1 Å². The molecule has 1 aromatic carbocycles. The van der Waals surface area contributed by atoms with Gasteiger partial charge in [0.05, 0.1) is 16.7 Å². The molecular weight excluding hydrogens is 309 g/mol. The molecule has 19 heavy (non-hydrogen) atoms. The number of hydrogen-bond donors (Lipinski definition) is 1. The van der Waals surface area contributed by atoms with E-state index in [1.165, 1.54) is 12.1 Å². The van der Waals surface area contributed by atoms with E-state index in [1.54, 1.807) is 0 Å². The predicted molar refractivity (Wildman–Crippen MR) is 77.5 cm³/mol. The highest BCUT2D eigenvalue weighted by Gasteiger charge is 2.16. The fourth-order valence-electron chi connectivity index (χ4n) is 1.55. The molecule has 0 unspecified atom stereocenters. The van der Waals surface area contributed by atoms with E-state index in [2.05, 4.69) is 6.92 Å². The van der Waals surface area contributed by atoms with E-state index in [0.717, 1.165) is 25.7 Å². The summed E-state index contributed by atoms with van der Waals surface area (Å²) in [6.45, 7) is 2.65. The Morgan fingerprint density at radius 3 is 2.42 bits per heavy atom. The van der Waals surface area contributed by atoms with Crippen LogP contribution >= 0.6 is 23.2 Å². The molecule has 1 rings (SSSR count). The van der Waals surface area contributed by atoms with E-state index in [9.17, 15) is 8.42 Å². The molecule has 4 nitrogen and oxygen atoms in total. The summed E-state index contributed by atoms with van der Waals surface area (Å²) in [4.78, 5) is -0.197. The summed E-state index contributed by atoms with van der Waals surface area (Å²) in [6, 6.07) is 2.59. The monoisotopic (exact) mass is 325 g/mol. The molecule has 0 saturated heterocycles. The van der Waals surface area contributed by atoms with Gasteiger partial charge in [-0.1, -0.05) is 49.4 Å². The number of sulfonamides is 1. The van der Waals surface area contributed by atoms with Gasteiger partial charge in [0.1, 0.15) is 10.6 Å². The number of halogens is 2. The lowest BCUT2D eigenvalue weighted by Crippen LogP contribution is -2.13. The quantitative estimate of drug-likeness (QED) is 0.778. The summed E-state index contributed by atoms with van der Waals surface area (Å²) < 4.78 is 28.0. The number of ether oxygens (including phenoxy) is 1. The zero-order chi connectivity index (χ0) is 14.5. The van der Waals surface area contributed by atoms with Crippen molar-refractivity contribution in [3.8, 4) is 5.75 Å². The van der Waals surface area contributed by atoms with Crippen molar-refractivity contribution in [2.75, 3.05) is 6.61 Å². The van der Waals surface area contributed by atoms with Crippen molar-refractivity contribution in [2.45, 2.75) is 37.5 Å². The number of benzene rings is 1. The number of nitrogens with two attached hydrogens (primary N) is 1. The van der Waals surface area contributed by atoms with Gasteiger partial charge >= 0.3 is 0 Å². The van der Waals surface area contributed by atoms with Gasteiger partial charge in [-0.2, -0.15) is 0 Å². The number of rotatable bonds is 7. The van der Waals surface area contributed by atoms with Crippen molar-refractivity contribution < 1.29 is 13.2 Å². The lowest BCUT2D eigenvalue weighted by atomic mass is 10.2. The van der Waals surface area contributed by atoms with Crippen molar-refractivity contribution in [3.05, 3.63) is 22.2 Å². The SMILES string of the molecule is CCCCCCOc1cc(Cl)c(S(N)(=O)=O)cc1Cl. The Hall–Kier alpha value is -0.490.